The molecular formula is C12H15N3. The lowest BCUT2D eigenvalue weighted by atomic mass is 10.1. The normalized spacial score (nSPS) is 10.9. The molecule has 0 spiro atoms. The second-order valence-corrected chi connectivity index (χ2v) is 4.00. The van der Waals surface area contributed by atoms with Gasteiger partial charge >= 0.3 is 0 Å². The molecule has 15 heavy (non-hydrogen) atoms. The number of nitrogens with zero attached hydrogens (tertiary/aromatic N) is 3. The highest BCUT2D eigenvalue weighted by Crippen LogP contribution is 2.13. The van der Waals surface area contributed by atoms with E-state index < -0.39 is 0 Å². The van der Waals surface area contributed by atoms with Crippen LogP contribution in [0.4, 0.5) is 0 Å². The second kappa shape index (κ2) is 3.85. The Kier molecular flexibility index (Phi) is 2.54. The highest BCUT2D eigenvalue weighted by atomic mass is 15.1. The van der Waals surface area contributed by atoms with Gasteiger partial charge in [0.2, 0.25) is 0 Å². The van der Waals surface area contributed by atoms with Gasteiger partial charge in [-0.2, -0.15) is 0 Å². The van der Waals surface area contributed by atoms with Crippen molar-refractivity contribution in [3.05, 3.63) is 42.1 Å². The summed E-state index contributed by atoms with van der Waals surface area (Å²) in [5.41, 5.74) is 2.12. The summed E-state index contributed by atoms with van der Waals surface area (Å²) in [6, 6.07) is 6.08. The molecule has 2 aromatic heterocycles. The van der Waals surface area contributed by atoms with Crippen LogP contribution < -0.4 is 0 Å². The van der Waals surface area contributed by atoms with Crippen molar-refractivity contribution < 1.29 is 0 Å². The van der Waals surface area contributed by atoms with Crippen LogP contribution in [0.25, 0.3) is 5.82 Å². The van der Waals surface area contributed by atoms with Gasteiger partial charge in [0.05, 0.1) is 5.69 Å². The summed E-state index contributed by atoms with van der Waals surface area (Å²) in [6.45, 7) is 6.26. The van der Waals surface area contributed by atoms with Crippen molar-refractivity contribution in [3.63, 3.8) is 0 Å². The van der Waals surface area contributed by atoms with Gasteiger partial charge in [-0.05, 0) is 25.0 Å². The lowest BCUT2D eigenvalue weighted by Gasteiger charge is -2.06. The Morgan fingerprint density at radius 1 is 1.27 bits per heavy atom. The summed E-state index contributed by atoms with van der Waals surface area (Å²) < 4.78 is 1.95. The van der Waals surface area contributed by atoms with Gasteiger partial charge in [-0.3, -0.25) is 4.57 Å². The summed E-state index contributed by atoms with van der Waals surface area (Å²) in [6.07, 6.45) is 3.77. The smallest absolute Gasteiger partial charge is 0.138 e. The van der Waals surface area contributed by atoms with Crippen LogP contribution in [0.2, 0.25) is 0 Å². The molecule has 0 aromatic carbocycles. The fourth-order valence-corrected chi connectivity index (χ4v) is 1.45. The Balaban J connectivity index is 2.41. The maximum Gasteiger partial charge on any atom is 0.138 e. The highest BCUT2D eigenvalue weighted by molar-refractivity contribution is 5.26. The first-order chi connectivity index (χ1) is 7.16. The molecule has 0 aliphatic rings. The maximum absolute atomic E-state index is 4.58. The van der Waals surface area contributed by atoms with Gasteiger partial charge in [0, 0.05) is 11.9 Å². The number of hydrogen-bond donors (Lipinski definition) is 0. The van der Waals surface area contributed by atoms with Crippen LogP contribution in [0, 0.1) is 6.92 Å². The Morgan fingerprint density at radius 3 is 2.67 bits per heavy atom. The van der Waals surface area contributed by atoms with E-state index in [0.29, 0.717) is 5.92 Å². The van der Waals surface area contributed by atoms with Crippen molar-refractivity contribution in [2.45, 2.75) is 26.7 Å². The fourth-order valence-electron chi connectivity index (χ4n) is 1.45. The zero-order valence-corrected chi connectivity index (χ0v) is 9.31. The molecule has 2 rings (SSSR count). The van der Waals surface area contributed by atoms with E-state index in [-0.39, 0.29) is 0 Å². The third-order valence-electron chi connectivity index (χ3n) is 2.32. The molecular weight excluding hydrogens is 186 g/mol. The first kappa shape index (κ1) is 9.90. The number of imidazole rings is 1. The molecule has 2 heterocycles. The monoisotopic (exact) mass is 201 g/mol. The molecule has 0 saturated carbocycles. The van der Waals surface area contributed by atoms with Crippen molar-refractivity contribution in [2.24, 2.45) is 0 Å². The zero-order valence-electron chi connectivity index (χ0n) is 9.31. The summed E-state index contributed by atoms with van der Waals surface area (Å²) in [4.78, 5) is 8.77. The maximum atomic E-state index is 4.58. The first-order valence-corrected chi connectivity index (χ1v) is 5.15. The van der Waals surface area contributed by atoms with E-state index in [4.69, 9.17) is 0 Å². The Hall–Kier alpha value is -1.64. The van der Waals surface area contributed by atoms with Gasteiger partial charge in [0.1, 0.15) is 12.1 Å². The van der Waals surface area contributed by atoms with Crippen LogP contribution in [0.3, 0.4) is 0 Å². The standard InChI is InChI=1S/C12H15N3/c1-9(2)11-5-4-6-12(14-11)15-7-10(3)13-8-15/h4-9H,1-3H3. The Bertz CT molecular complexity index is 457. The molecule has 0 bridgehead atoms. The van der Waals surface area contributed by atoms with E-state index in [2.05, 4.69) is 29.9 Å². The van der Waals surface area contributed by atoms with E-state index in [1.165, 1.54) is 0 Å². The molecule has 0 saturated heterocycles. The lowest BCUT2D eigenvalue weighted by molar-refractivity contribution is 0.809. The second-order valence-electron chi connectivity index (χ2n) is 4.00. The van der Waals surface area contributed by atoms with Crippen LogP contribution in [-0.2, 0) is 0 Å². The van der Waals surface area contributed by atoms with Crippen molar-refractivity contribution in [2.75, 3.05) is 0 Å². The Labute approximate surface area is 89.8 Å². The molecule has 3 heteroatoms. The van der Waals surface area contributed by atoms with Gasteiger partial charge in [-0.1, -0.05) is 19.9 Å². The van der Waals surface area contributed by atoms with Crippen LogP contribution in [0.5, 0.6) is 0 Å². The van der Waals surface area contributed by atoms with Crippen molar-refractivity contribution >= 4 is 0 Å². The van der Waals surface area contributed by atoms with E-state index in [0.717, 1.165) is 17.2 Å². The number of aromatic nitrogens is 3. The van der Waals surface area contributed by atoms with Crippen LogP contribution in [0.1, 0.15) is 31.2 Å². The third kappa shape index (κ3) is 2.06. The predicted molar refractivity (Wildman–Crippen MR) is 60.2 cm³/mol. The predicted octanol–water partition coefficient (Wildman–Crippen LogP) is 2.70. The Morgan fingerprint density at radius 2 is 2.07 bits per heavy atom. The van der Waals surface area contributed by atoms with E-state index in [9.17, 15) is 0 Å². The molecule has 0 N–H and O–H groups in total. The molecule has 0 aliphatic carbocycles. The first-order valence-electron chi connectivity index (χ1n) is 5.15. The van der Waals surface area contributed by atoms with Crippen molar-refractivity contribution in [3.8, 4) is 5.82 Å². The highest BCUT2D eigenvalue weighted by Gasteiger charge is 2.03. The number of aryl methyl sites for hydroxylation is 1. The van der Waals surface area contributed by atoms with Gasteiger partial charge in [0.15, 0.2) is 0 Å². The SMILES string of the molecule is Cc1cn(-c2cccc(C(C)C)n2)cn1. The van der Waals surface area contributed by atoms with E-state index in [1.54, 1.807) is 6.33 Å². The molecule has 3 nitrogen and oxygen atoms in total. The average molecular weight is 201 g/mol. The zero-order chi connectivity index (χ0) is 10.8. The molecule has 0 fully saturated rings. The van der Waals surface area contributed by atoms with Crippen LogP contribution >= 0.6 is 0 Å². The number of rotatable bonds is 2. The summed E-state index contributed by atoms with van der Waals surface area (Å²) >= 11 is 0. The molecule has 0 amide bonds. The van der Waals surface area contributed by atoms with Crippen LogP contribution in [-0.4, -0.2) is 14.5 Å². The minimum atomic E-state index is 0.453. The summed E-state index contributed by atoms with van der Waals surface area (Å²) in [5.74, 6) is 1.39. The van der Waals surface area contributed by atoms with Gasteiger partial charge in [-0.25, -0.2) is 9.97 Å². The topological polar surface area (TPSA) is 30.7 Å². The molecule has 78 valence electrons. The fraction of sp³-hybridized carbons (Fsp3) is 0.333. The third-order valence-corrected chi connectivity index (χ3v) is 2.32. The molecule has 0 unspecified atom stereocenters. The number of hydrogen-bond acceptors (Lipinski definition) is 2. The van der Waals surface area contributed by atoms with Gasteiger partial charge in [-0.15, -0.1) is 0 Å². The minimum absolute atomic E-state index is 0.453. The molecule has 0 aliphatic heterocycles. The molecule has 0 atom stereocenters. The molecule has 0 radical (unpaired) electrons. The van der Waals surface area contributed by atoms with Gasteiger partial charge in [0.25, 0.3) is 0 Å². The number of pyridine rings is 1. The van der Waals surface area contributed by atoms with E-state index >= 15 is 0 Å². The van der Waals surface area contributed by atoms with Crippen molar-refractivity contribution in [1.82, 2.24) is 14.5 Å². The quantitative estimate of drug-likeness (QED) is 0.748. The molecule has 2 aromatic rings. The largest absolute Gasteiger partial charge is 0.290 e. The summed E-state index contributed by atoms with van der Waals surface area (Å²) in [7, 11) is 0. The van der Waals surface area contributed by atoms with Gasteiger partial charge < -0.3 is 0 Å². The van der Waals surface area contributed by atoms with Crippen molar-refractivity contribution in [1.29, 1.82) is 0 Å². The summed E-state index contributed by atoms with van der Waals surface area (Å²) in [5, 5.41) is 0. The minimum Gasteiger partial charge on any atom is -0.290 e. The van der Waals surface area contributed by atoms with Crippen LogP contribution in [0.15, 0.2) is 30.7 Å². The lowest BCUT2D eigenvalue weighted by Crippen LogP contribution is -1.99. The van der Waals surface area contributed by atoms with E-state index in [1.807, 2.05) is 29.8 Å². The average Bonchev–Trinajstić information content (AvgIpc) is 2.65.